The van der Waals surface area contributed by atoms with Crippen LogP contribution in [0.1, 0.15) is 30.6 Å². The second-order valence-corrected chi connectivity index (χ2v) is 5.04. The maximum absolute atomic E-state index is 11.9. The van der Waals surface area contributed by atoms with E-state index in [4.69, 9.17) is 13.9 Å². The van der Waals surface area contributed by atoms with E-state index in [2.05, 4.69) is 6.92 Å². The molecule has 0 amide bonds. The molecule has 3 rings (SSSR count). The van der Waals surface area contributed by atoms with Crippen molar-refractivity contribution in [2.24, 2.45) is 0 Å². The largest absolute Gasteiger partial charge is 0.494 e. The molecule has 3 aromatic rings. The predicted molar refractivity (Wildman–Crippen MR) is 85.5 cm³/mol. The van der Waals surface area contributed by atoms with E-state index in [1.165, 1.54) is 0 Å². The van der Waals surface area contributed by atoms with E-state index in [-0.39, 0.29) is 5.97 Å². The Labute approximate surface area is 128 Å². The molecule has 0 spiro atoms. The molecule has 4 heteroatoms. The number of hydrogen-bond donors (Lipinski definition) is 0. The first-order chi connectivity index (χ1) is 10.7. The number of esters is 1. The number of rotatable bonds is 5. The zero-order valence-corrected chi connectivity index (χ0v) is 12.7. The van der Waals surface area contributed by atoms with Crippen LogP contribution in [0.25, 0.3) is 21.9 Å². The monoisotopic (exact) mass is 298 g/mol. The molecule has 1 heterocycles. The molecule has 0 N–H and O–H groups in total. The van der Waals surface area contributed by atoms with Crippen LogP contribution in [0.15, 0.2) is 40.8 Å². The summed E-state index contributed by atoms with van der Waals surface area (Å²) in [5.74, 6) is 0.482. The lowest BCUT2D eigenvalue weighted by atomic mass is 10.1. The molecule has 114 valence electrons. The second kappa shape index (κ2) is 6.10. The van der Waals surface area contributed by atoms with Crippen molar-refractivity contribution in [2.45, 2.75) is 20.3 Å². The molecule has 0 saturated heterocycles. The normalized spacial score (nSPS) is 11.0. The summed E-state index contributed by atoms with van der Waals surface area (Å²) in [5, 5.41) is 1.83. The number of hydrogen-bond acceptors (Lipinski definition) is 4. The molecule has 0 aliphatic rings. The standard InChI is InChI=1S/C18H18O4/c1-3-9-21-13-6-8-17-15(11-13)14-10-12(18(19)20-4-2)5-7-16(14)22-17/h5-8,10-11H,3-4,9H2,1-2H3. The maximum atomic E-state index is 11.9. The van der Waals surface area contributed by atoms with Crippen LogP contribution in [-0.2, 0) is 4.74 Å². The van der Waals surface area contributed by atoms with Gasteiger partial charge in [0.05, 0.1) is 18.8 Å². The van der Waals surface area contributed by atoms with Crippen molar-refractivity contribution in [3.63, 3.8) is 0 Å². The van der Waals surface area contributed by atoms with Crippen LogP contribution in [0.5, 0.6) is 5.75 Å². The van der Waals surface area contributed by atoms with Gasteiger partial charge in [0.25, 0.3) is 0 Å². The van der Waals surface area contributed by atoms with Crippen molar-refractivity contribution in [3.05, 3.63) is 42.0 Å². The van der Waals surface area contributed by atoms with E-state index in [1.807, 2.05) is 24.3 Å². The third-order valence-corrected chi connectivity index (χ3v) is 3.42. The quantitative estimate of drug-likeness (QED) is 0.648. The molecule has 0 bridgehead atoms. The fourth-order valence-electron chi connectivity index (χ4n) is 2.41. The maximum Gasteiger partial charge on any atom is 0.338 e. The summed E-state index contributed by atoms with van der Waals surface area (Å²) in [5.41, 5.74) is 2.05. The highest BCUT2D eigenvalue weighted by Crippen LogP contribution is 2.32. The van der Waals surface area contributed by atoms with Gasteiger partial charge in [0, 0.05) is 10.8 Å². The number of fused-ring (bicyclic) bond motifs is 3. The van der Waals surface area contributed by atoms with E-state index >= 15 is 0 Å². The number of ether oxygens (including phenoxy) is 2. The van der Waals surface area contributed by atoms with Crippen molar-refractivity contribution in [1.82, 2.24) is 0 Å². The van der Waals surface area contributed by atoms with Crippen LogP contribution in [0, 0.1) is 0 Å². The van der Waals surface area contributed by atoms with Crippen LogP contribution in [-0.4, -0.2) is 19.2 Å². The number of benzene rings is 2. The van der Waals surface area contributed by atoms with Gasteiger partial charge in [-0.25, -0.2) is 4.79 Å². The Morgan fingerprint density at radius 1 is 1.05 bits per heavy atom. The van der Waals surface area contributed by atoms with Crippen molar-refractivity contribution < 1.29 is 18.7 Å². The highest BCUT2D eigenvalue weighted by atomic mass is 16.5. The number of furan rings is 1. The van der Waals surface area contributed by atoms with Gasteiger partial charge in [-0.05, 0) is 49.7 Å². The van der Waals surface area contributed by atoms with Crippen LogP contribution in [0.3, 0.4) is 0 Å². The molecule has 1 aromatic heterocycles. The predicted octanol–water partition coefficient (Wildman–Crippen LogP) is 4.55. The first kappa shape index (κ1) is 14.4. The van der Waals surface area contributed by atoms with E-state index in [9.17, 15) is 4.79 Å². The minimum absolute atomic E-state index is 0.322. The molecule has 0 saturated carbocycles. The first-order valence-corrected chi connectivity index (χ1v) is 7.49. The van der Waals surface area contributed by atoms with Gasteiger partial charge in [0.15, 0.2) is 0 Å². The van der Waals surface area contributed by atoms with Crippen molar-refractivity contribution in [1.29, 1.82) is 0 Å². The molecule has 4 nitrogen and oxygen atoms in total. The lowest BCUT2D eigenvalue weighted by Crippen LogP contribution is -2.03. The topological polar surface area (TPSA) is 48.7 Å². The van der Waals surface area contributed by atoms with E-state index in [1.54, 1.807) is 19.1 Å². The number of carbonyl (C=O) groups excluding carboxylic acids is 1. The second-order valence-electron chi connectivity index (χ2n) is 5.04. The lowest BCUT2D eigenvalue weighted by Gasteiger charge is -2.04. The minimum Gasteiger partial charge on any atom is -0.494 e. The van der Waals surface area contributed by atoms with Gasteiger partial charge in [-0.1, -0.05) is 6.92 Å². The molecular weight excluding hydrogens is 280 g/mol. The summed E-state index contributed by atoms with van der Waals surface area (Å²) in [6.07, 6.45) is 0.956. The van der Waals surface area contributed by atoms with Gasteiger partial charge in [-0.2, -0.15) is 0 Å². The first-order valence-electron chi connectivity index (χ1n) is 7.49. The summed E-state index contributed by atoms with van der Waals surface area (Å²) in [7, 11) is 0. The zero-order chi connectivity index (χ0) is 15.5. The van der Waals surface area contributed by atoms with Crippen LogP contribution >= 0.6 is 0 Å². The third-order valence-electron chi connectivity index (χ3n) is 3.42. The molecule has 22 heavy (non-hydrogen) atoms. The third kappa shape index (κ3) is 2.64. The molecule has 0 aliphatic heterocycles. The zero-order valence-electron chi connectivity index (χ0n) is 12.7. The summed E-state index contributed by atoms with van der Waals surface area (Å²) in [6.45, 7) is 4.89. The van der Waals surface area contributed by atoms with Gasteiger partial charge in [-0.15, -0.1) is 0 Å². The molecule has 2 aromatic carbocycles. The van der Waals surface area contributed by atoms with E-state index < -0.39 is 0 Å². The van der Waals surface area contributed by atoms with Gasteiger partial charge < -0.3 is 13.9 Å². The summed E-state index contributed by atoms with van der Waals surface area (Å²) >= 11 is 0. The van der Waals surface area contributed by atoms with E-state index in [0.717, 1.165) is 34.1 Å². The fraction of sp³-hybridized carbons (Fsp3) is 0.278. The Bertz CT molecular complexity index is 816. The SMILES string of the molecule is CCCOc1ccc2oc3ccc(C(=O)OCC)cc3c2c1. The van der Waals surface area contributed by atoms with Gasteiger partial charge in [0.1, 0.15) is 16.9 Å². The van der Waals surface area contributed by atoms with Gasteiger partial charge >= 0.3 is 5.97 Å². The average molecular weight is 298 g/mol. The molecule has 0 aliphatic carbocycles. The van der Waals surface area contributed by atoms with Gasteiger partial charge in [-0.3, -0.25) is 0 Å². The highest BCUT2D eigenvalue weighted by Gasteiger charge is 2.12. The fourth-order valence-corrected chi connectivity index (χ4v) is 2.41. The summed E-state index contributed by atoms with van der Waals surface area (Å²) in [4.78, 5) is 11.9. The molecule has 0 atom stereocenters. The molecule has 0 fully saturated rings. The minimum atomic E-state index is -0.322. The number of carbonyl (C=O) groups is 1. The Balaban J connectivity index is 2.08. The smallest absolute Gasteiger partial charge is 0.338 e. The Hall–Kier alpha value is -2.49. The summed E-state index contributed by atoms with van der Waals surface area (Å²) in [6, 6.07) is 11.1. The van der Waals surface area contributed by atoms with Crippen molar-refractivity contribution >= 4 is 27.9 Å². The Kier molecular flexibility index (Phi) is 4.00. The Morgan fingerprint density at radius 2 is 1.77 bits per heavy atom. The Morgan fingerprint density at radius 3 is 2.50 bits per heavy atom. The van der Waals surface area contributed by atoms with Gasteiger partial charge in [0.2, 0.25) is 0 Å². The van der Waals surface area contributed by atoms with Crippen LogP contribution < -0.4 is 4.74 Å². The molecular formula is C18H18O4. The van der Waals surface area contributed by atoms with Crippen molar-refractivity contribution in [3.8, 4) is 5.75 Å². The van der Waals surface area contributed by atoms with Crippen LogP contribution in [0.2, 0.25) is 0 Å². The summed E-state index contributed by atoms with van der Waals surface area (Å²) < 4.78 is 16.5. The van der Waals surface area contributed by atoms with Crippen molar-refractivity contribution in [2.75, 3.05) is 13.2 Å². The lowest BCUT2D eigenvalue weighted by molar-refractivity contribution is 0.0526. The highest BCUT2D eigenvalue weighted by molar-refractivity contribution is 6.07. The average Bonchev–Trinajstić information content (AvgIpc) is 2.90. The molecule has 0 radical (unpaired) electrons. The van der Waals surface area contributed by atoms with E-state index in [0.29, 0.717) is 18.8 Å². The van der Waals surface area contributed by atoms with Crippen LogP contribution in [0.4, 0.5) is 0 Å². The molecule has 0 unspecified atom stereocenters.